The molecule has 0 aliphatic carbocycles. The molecule has 0 bridgehead atoms. The molecule has 0 spiro atoms. The van der Waals surface area contributed by atoms with Crippen LogP contribution in [0.1, 0.15) is 0 Å². The molecule has 0 unspecified atom stereocenters. The van der Waals surface area contributed by atoms with Gasteiger partial charge in [0, 0.05) is 13.1 Å². The molecule has 1 aromatic rings. The Bertz CT molecular complexity index is 228. The Morgan fingerprint density at radius 1 is 1.64 bits per heavy atom. The van der Waals surface area contributed by atoms with Gasteiger partial charge >= 0.3 is 0 Å². The molecule has 5 heteroatoms. The minimum atomic E-state index is -0.457. The maximum absolute atomic E-state index is 12.7. The van der Waals surface area contributed by atoms with E-state index >= 15 is 0 Å². The maximum Gasteiger partial charge on any atom is 0.183 e. The van der Waals surface area contributed by atoms with E-state index in [9.17, 15) is 4.39 Å². The highest BCUT2D eigenvalue weighted by Crippen LogP contribution is 2.04. The highest BCUT2D eigenvalue weighted by Gasteiger charge is 1.99. The second-order valence-corrected chi connectivity index (χ2v) is 1.93. The first kappa shape index (κ1) is 7.87. The van der Waals surface area contributed by atoms with E-state index in [1.165, 1.54) is 6.33 Å². The van der Waals surface area contributed by atoms with Gasteiger partial charge in [0.25, 0.3) is 0 Å². The molecule has 1 heterocycles. The van der Waals surface area contributed by atoms with Gasteiger partial charge in [0.05, 0.1) is 6.20 Å². The zero-order valence-corrected chi connectivity index (χ0v) is 5.92. The first-order valence-corrected chi connectivity index (χ1v) is 3.24. The van der Waals surface area contributed by atoms with Crippen molar-refractivity contribution < 1.29 is 4.39 Å². The van der Waals surface area contributed by atoms with Crippen LogP contribution in [0.25, 0.3) is 0 Å². The number of anilines is 1. The molecule has 60 valence electrons. The lowest BCUT2D eigenvalue weighted by Gasteiger charge is -2.02. The number of nitrogens with zero attached hydrogens (tertiary/aromatic N) is 2. The molecule has 0 saturated heterocycles. The lowest BCUT2D eigenvalue weighted by Crippen LogP contribution is -2.14. The van der Waals surface area contributed by atoms with Gasteiger partial charge in [0.1, 0.15) is 6.33 Å². The molecular formula is C6H9FN4. The van der Waals surface area contributed by atoms with Gasteiger partial charge < -0.3 is 11.1 Å². The van der Waals surface area contributed by atoms with Crippen LogP contribution in [0.15, 0.2) is 12.5 Å². The lowest BCUT2D eigenvalue weighted by molar-refractivity contribution is 0.616. The maximum atomic E-state index is 12.7. The Morgan fingerprint density at radius 2 is 2.45 bits per heavy atom. The molecule has 0 aliphatic rings. The van der Waals surface area contributed by atoms with Gasteiger partial charge in [-0.3, -0.25) is 0 Å². The predicted molar refractivity (Wildman–Crippen MR) is 39.5 cm³/mol. The zero-order chi connectivity index (χ0) is 8.10. The summed E-state index contributed by atoms with van der Waals surface area (Å²) in [5, 5.41) is 2.71. The van der Waals surface area contributed by atoms with Crippen molar-refractivity contribution in [2.45, 2.75) is 0 Å². The van der Waals surface area contributed by atoms with Gasteiger partial charge in [-0.15, -0.1) is 0 Å². The van der Waals surface area contributed by atoms with Crippen LogP contribution in [0, 0.1) is 5.82 Å². The highest BCUT2D eigenvalue weighted by molar-refractivity contribution is 5.33. The van der Waals surface area contributed by atoms with Gasteiger partial charge in [-0.2, -0.15) is 0 Å². The highest BCUT2D eigenvalue weighted by atomic mass is 19.1. The zero-order valence-electron chi connectivity index (χ0n) is 5.92. The summed E-state index contributed by atoms with van der Waals surface area (Å²) >= 11 is 0. The van der Waals surface area contributed by atoms with E-state index in [1.807, 2.05) is 0 Å². The lowest BCUT2D eigenvalue weighted by atomic mass is 10.5. The van der Waals surface area contributed by atoms with E-state index in [1.54, 1.807) is 0 Å². The van der Waals surface area contributed by atoms with Gasteiger partial charge in [-0.25, -0.2) is 14.4 Å². The Labute approximate surface area is 63.7 Å². The van der Waals surface area contributed by atoms with Crippen LogP contribution in [-0.4, -0.2) is 23.1 Å². The van der Waals surface area contributed by atoms with Crippen molar-refractivity contribution in [3.05, 3.63) is 18.3 Å². The van der Waals surface area contributed by atoms with Crippen LogP contribution in [0.3, 0.4) is 0 Å². The number of nitrogens with one attached hydrogen (secondary N) is 1. The molecule has 0 atom stereocenters. The predicted octanol–water partition coefficient (Wildman–Crippen LogP) is -0.0137. The van der Waals surface area contributed by atoms with Crippen LogP contribution in [-0.2, 0) is 0 Å². The molecule has 0 fully saturated rings. The normalized spacial score (nSPS) is 9.64. The van der Waals surface area contributed by atoms with Gasteiger partial charge in [-0.05, 0) is 0 Å². The molecule has 1 aromatic heterocycles. The summed E-state index contributed by atoms with van der Waals surface area (Å²) in [6, 6.07) is 0. The van der Waals surface area contributed by atoms with Crippen LogP contribution in [0.4, 0.5) is 10.2 Å². The van der Waals surface area contributed by atoms with Crippen molar-refractivity contribution in [2.75, 3.05) is 18.4 Å². The fourth-order valence-corrected chi connectivity index (χ4v) is 0.633. The molecule has 1 rings (SSSR count). The molecular weight excluding hydrogens is 147 g/mol. The fraction of sp³-hybridized carbons (Fsp3) is 0.333. The summed E-state index contributed by atoms with van der Waals surface area (Å²) < 4.78 is 12.7. The van der Waals surface area contributed by atoms with Crippen molar-refractivity contribution >= 4 is 5.82 Å². The Balaban J connectivity index is 2.62. The number of aromatic nitrogens is 2. The molecule has 3 N–H and O–H groups in total. The van der Waals surface area contributed by atoms with Gasteiger partial charge in [-0.1, -0.05) is 0 Å². The number of nitrogens with two attached hydrogens (primary N) is 1. The minimum absolute atomic E-state index is 0.199. The van der Waals surface area contributed by atoms with Crippen LogP contribution in [0.5, 0.6) is 0 Å². The van der Waals surface area contributed by atoms with Crippen LogP contribution < -0.4 is 11.1 Å². The third-order valence-corrected chi connectivity index (χ3v) is 1.10. The topological polar surface area (TPSA) is 63.8 Å². The first-order chi connectivity index (χ1) is 5.34. The molecule has 0 radical (unpaired) electrons. The average Bonchev–Trinajstić information content (AvgIpc) is 2.03. The number of hydrogen-bond acceptors (Lipinski definition) is 4. The second-order valence-electron chi connectivity index (χ2n) is 1.93. The Hall–Kier alpha value is -1.23. The third kappa shape index (κ3) is 2.12. The van der Waals surface area contributed by atoms with E-state index in [4.69, 9.17) is 5.73 Å². The fourth-order valence-electron chi connectivity index (χ4n) is 0.633. The van der Waals surface area contributed by atoms with E-state index < -0.39 is 5.82 Å². The van der Waals surface area contributed by atoms with E-state index in [0.29, 0.717) is 13.1 Å². The molecule has 0 aromatic carbocycles. The summed E-state index contributed by atoms with van der Waals surface area (Å²) in [5.41, 5.74) is 5.20. The van der Waals surface area contributed by atoms with Crippen LogP contribution in [0.2, 0.25) is 0 Å². The standard InChI is InChI=1S/C6H9FN4/c7-5-3-9-4-11-6(5)10-2-1-8/h3-4H,1-2,8H2,(H,9,10,11). The van der Waals surface area contributed by atoms with Crippen molar-refractivity contribution in [1.29, 1.82) is 0 Å². The summed E-state index contributed by atoms with van der Waals surface area (Å²) in [5.74, 6) is -0.258. The molecule has 0 saturated carbocycles. The monoisotopic (exact) mass is 156 g/mol. The summed E-state index contributed by atoms with van der Waals surface area (Å²) in [6.07, 6.45) is 2.38. The third-order valence-electron chi connectivity index (χ3n) is 1.10. The SMILES string of the molecule is NCCNc1ncncc1F. The smallest absolute Gasteiger partial charge is 0.183 e. The number of hydrogen-bond donors (Lipinski definition) is 2. The van der Waals surface area contributed by atoms with Gasteiger partial charge in [0.2, 0.25) is 0 Å². The van der Waals surface area contributed by atoms with E-state index in [-0.39, 0.29) is 5.82 Å². The van der Waals surface area contributed by atoms with Crippen molar-refractivity contribution in [2.24, 2.45) is 5.73 Å². The van der Waals surface area contributed by atoms with Crippen molar-refractivity contribution in [3.8, 4) is 0 Å². The molecule has 0 aliphatic heterocycles. The van der Waals surface area contributed by atoms with E-state index in [0.717, 1.165) is 6.20 Å². The summed E-state index contributed by atoms with van der Waals surface area (Å²) in [7, 11) is 0. The average molecular weight is 156 g/mol. The molecule has 4 nitrogen and oxygen atoms in total. The molecule has 0 amide bonds. The first-order valence-electron chi connectivity index (χ1n) is 3.24. The van der Waals surface area contributed by atoms with E-state index in [2.05, 4.69) is 15.3 Å². The van der Waals surface area contributed by atoms with Crippen LogP contribution >= 0.6 is 0 Å². The summed E-state index contributed by atoms with van der Waals surface area (Å²) in [6.45, 7) is 0.956. The van der Waals surface area contributed by atoms with Crippen molar-refractivity contribution in [3.63, 3.8) is 0 Å². The second kappa shape index (κ2) is 3.82. The van der Waals surface area contributed by atoms with Gasteiger partial charge in [0.15, 0.2) is 11.6 Å². The largest absolute Gasteiger partial charge is 0.366 e. The minimum Gasteiger partial charge on any atom is -0.366 e. The quantitative estimate of drug-likeness (QED) is 0.645. The number of rotatable bonds is 3. The number of halogens is 1. The Morgan fingerprint density at radius 3 is 3.09 bits per heavy atom. The Kier molecular flexibility index (Phi) is 2.74. The summed E-state index contributed by atoms with van der Waals surface area (Å²) in [4.78, 5) is 7.16. The van der Waals surface area contributed by atoms with Crippen molar-refractivity contribution in [1.82, 2.24) is 9.97 Å². The molecule has 11 heavy (non-hydrogen) atoms.